The molecule has 39 heavy (non-hydrogen) atoms. The Morgan fingerprint density at radius 2 is 1.77 bits per heavy atom. The van der Waals surface area contributed by atoms with Crippen LogP contribution in [0, 0.1) is 0 Å². The Bertz CT molecular complexity index is 1510. The number of piperazine rings is 1. The highest BCUT2D eigenvalue weighted by Gasteiger charge is 2.25. The summed E-state index contributed by atoms with van der Waals surface area (Å²) < 4.78 is 0. The maximum absolute atomic E-state index is 12.5. The van der Waals surface area contributed by atoms with Crippen LogP contribution in [0.3, 0.4) is 0 Å². The molecule has 5 rings (SSSR count). The van der Waals surface area contributed by atoms with Crippen LogP contribution in [0.2, 0.25) is 0 Å². The van der Waals surface area contributed by atoms with Gasteiger partial charge in [0.05, 0.1) is 10.4 Å². The standard InChI is InChI=1S/C30H28N4O4S/c1-2-3-23(35)9-11-28(36)34-16-14-33(15-17-34)22-7-5-21(6-8-22)24-12-13-31-26-10-4-20(18-25(24)26)19-27-29(37)32-30(38)39-27/h2-8,10,12-13,18-19H,9,11,14-17H2,1H3,(H,32,37,38). The predicted octanol–water partition coefficient (Wildman–Crippen LogP) is 4.80. The molecular formula is C30H28N4O4S. The number of hydrogen-bond acceptors (Lipinski definition) is 7. The van der Waals surface area contributed by atoms with Gasteiger partial charge >= 0.3 is 0 Å². The molecular weight excluding hydrogens is 512 g/mol. The molecule has 2 saturated heterocycles. The molecule has 0 unspecified atom stereocenters. The first-order valence-electron chi connectivity index (χ1n) is 12.8. The fourth-order valence-electron chi connectivity index (χ4n) is 4.80. The summed E-state index contributed by atoms with van der Waals surface area (Å²) in [5.74, 6) is -0.366. The quantitative estimate of drug-likeness (QED) is 0.430. The van der Waals surface area contributed by atoms with E-state index in [1.54, 1.807) is 25.3 Å². The van der Waals surface area contributed by atoms with Crippen molar-refractivity contribution >= 4 is 57.3 Å². The Morgan fingerprint density at radius 3 is 2.46 bits per heavy atom. The van der Waals surface area contributed by atoms with E-state index >= 15 is 0 Å². The number of carbonyl (C=O) groups excluding carboxylic acids is 4. The number of pyridine rings is 1. The summed E-state index contributed by atoms with van der Waals surface area (Å²) in [6.07, 6.45) is 7.21. The molecule has 1 N–H and O–H groups in total. The van der Waals surface area contributed by atoms with Crippen molar-refractivity contribution in [2.75, 3.05) is 31.1 Å². The van der Waals surface area contributed by atoms with E-state index in [2.05, 4.69) is 39.5 Å². The number of hydrogen-bond donors (Lipinski definition) is 1. The SMILES string of the molecule is CC=CC(=O)CCC(=O)N1CCN(c2ccc(-c3ccnc4ccc(C=C5SC(=O)NC5=O)cc34)cc2)CC1. The van der Waals surface area contributed by atoms with Crippen LogP contribution in [-0.2, 0) is 14.4 Å². The second-order valence-electron chi connectivity index (χ2n) is 9.37. The molecule has 0 aliphatic carbocycles. The van der Waals surface area contributed by atoms with Gasteiger partial charge in [-0.1, -0.05) is 24.3 Å². The predicted molar refractivity (Wildman–Crippen MR) is 154 cm³/mol. The Morgan fingerprint density at radius 1 is 1.00 bits per heavy atom. The molecule has 3 aromatic rings. The molecule has 1 aromatic heterocycles. The molecule has 0 radical (unpaired) electrons. The number of nitrogens with one attached hydrogen (secondary N) is 1. The number of amides is 3. The lowest BCUT2D eigenvalue weighted by Crippen LogP contribution is -2.48. The molecule has 9 heteroatoms. The van der Waals surface area contributed by atoms with Crippen LogP contribution in [0.5, 0.6) is 0 Å². The van der Waals surface area contributed by atoms with E-state index in [4.69, 9.17) is 0 Å². The van der Waals surface area contributed by atoms with E-state index in [-0.39, 0.29) is 35.7 Å². The number of imide groups is 1. The van der Waals surface area contributed by atoms with Crippen LogP contribution >= 0.6 is 11.8 Å². The summed E-state index contributed by atoms with van der Waals surface area (Å²) in [6, 6.07) is 16.1. The first-order valence-corrected chi connectivity index (χ1v) is 13.7. The molecule has 0 atom stereocenters. The number of carbonyl (C=O) groups is 4. The normalized spacial score (nSPS) is 16.9. The average Bonchev–Trinajstić information content (AvgIpc) is 3.27. The zero-order chi connectivity index (χ0) is 27.4. The Labute approximate surface area is 230 Å². The topological polar surface area (TPSA) is 99.7 Å². The number of rotatable bonds is 7. The highest BCUT2D eigenvalue weighted by atomic mass is 32.2. The van der Waals surface area contributed by atoms with E-state index < -0.39 is 0 Å². The minimum Gasteiger partial charge on any atom is -0.368 e. The Kier molecular flexibility index (Phi) is 7.88. The van der Waals surface area contributed by atoms with Gasteiger partial charge < -0.3 is 9.80 Å². The first kappa shape index (κ1) is 26.4. The third kappa shape index (κ3) is 6.09. The summed E-state index contributed by atoms with van der Waals surface area (Å²) in [6.45, 7) is 4.53. The van der Waals surface area contributed by atoms with Gasteiger partial charge in [0.25, 0.3) is 11.1 Å². The molecule has 8 nitrogen and oxygen atoms in total. The number of fused-ring (bicyclic) bond motifs is 1. The average molecular weight is 541 g/mol. The number of benzene rings is 2. The number of allylic oxidation sites excluding steroid dienone is 2. The molecule has 3 heterocycles. The van der Waals surface area contributed by atoms with Crippen LogP contribution in [0.15, 0.2) is 71.8 Å². The van der Waals surface area contributed by atoms with Crippen molar-refractivity contribution in [1.29, 1.82) is 0 Å². The van der Waals surface area contributed by atoms with Gasteiger partial charge in [-0.3, -0.25) is 29.5 Å². The maximum atomic E-state index is 12.5. The van der Waals surface area contributed by atoms with Gasteiger partial charge in [-0.25, -0.2) is 0 Å². The van der Waals surface area contributed by atoms with Gasteiger partial charge in [0, 0.05) is 56.3 Å². The van der Waals surface area contributed by atoms with E-state index in [1.807, 2.05) is 29.2 Å². The maximum Gasteiger partial charge on any atom is 0.290 e. The van der Waals surface area contributed by atoms with Crippen molar-refractivity contribution in [2.24, 2.45) is 0 Å². The zero-order valence-corrected chi connectivity index (χ0v) is 22.4. The van der Waals surface area contributed by atoms with Crippen LogP contribution in [0.4, 0.5) is 10.5 Å². The van der Waals surface area contributed by atoms with Crippen molar-refractivity contribution in [2.45, 2.75) is 19.8 Å². The van der Waals surface area contributed by atoms with Crippen molar-refractivity contribution in [3.8, 4) is 11.1 Å². The molecule has 0 bridgehead atoms. The van der Waals surface area contributed by atoms with Crippen molar-refractivity contribution in [1.82, 2.24) is 15.2 Å². The minimum absolute atomic E-state index is 0.0171. The minimum atomic E-state index is -0.378. The van der Waals surface area contributed by atoms with Gasteiger partial charge in [-0.05, 0) is 77.9 Å². The van der Waals surface area contributed by atoms with Crippen molar-refractivity contribution < 1.29 is 19.2 Å². The van der Waals surface area contributed by atoms with E-state index in [1.165, 1.54) is 6.08 Å². The number of anilines is 1. The molecule has 3 amide bonds. The van der Waals surface area contributed by atoms with Crippen LogP contribution in [0.1, 0.15) is 25.3 Å². The van der Waals surface area contributed by atoms with Gasteiger partial charge in [0.2, 0.25) is 5.91 Å². The Hall–Kier alpha value is -4.24. The van der Waals surface area contributed by atoms with Crippen LogP contribution in [0.25, 0.3) is 28.1 Å². The van der Waals surface area contributed by atoms with Crippen LogP contribution < -0.4 is 10.2 Å². The van der Waals surface area contributed by atoms with Crippen molar-refractivity contribution in [3.63, 3.8) is 0 Å². The molecule has 0 spiro atoms. The molecule has 2 aliphatic rings. The van der Waals surface area contributed by atoms with E-state index in [9.17, 15) is 19.2 Å². The fourth-order valence-corrected chi connectivity index (χ4v) is 5.48. The highest BCUT2D eigenvalue weighted by Crippen LogP contribution is 2.32. The van der Waals surface area contributed by atoms with Gasteiger partial charge in [-0.2, -0.15) is 0 Å². The molecule has 2 aliphatic heterocycles. The summed E-state index contributed by atoms with van der Waals surface area (Å²) in [5, 5.41) is 2.87. The number of ketones is 1. The molecule has 2 fully saturated rings. The van der Waals surface area contributed by atoms with Crippen molar-refractivity contribution in [3.05, 3.63) is 77.3 Å². The third-order valence-corrected chi connectivity index (χ3v) is 7.63. The smallest absolute Gasteiger partial charge is 0.290 e. The van der Waals surface area contributed by atoms with Gasteiger partial charge in [0.1, 0.15) is 0 Å². The largest absolute Gasteiger partial charge is 0.368 e. The molecule has 0 saturated carbocycles. The van der Waals surface area contributed by atoms with E-state index in [0.29, 0.717) is 18.0 Å². The summed E-state index contributed by atoms with van der Waals surface area (Å²) in [5.41, 5.74) is 4.81. The summed E-state index contributed by atoms with van der Waals surface area (Å²) >= 11 is 0.900. The summed E-state index contributed by atoms with van der Waals surface area (Å²) in [7, 11) is 0. The number of aromatic nitrogens is 1. The van der Waals surface area contributed by atoms with E-state index in [0.717, 1.165) is 58.1 Å². The second-order valence-corrected chi connectivity index (χ2v) is 10.4. The molecule has 198 valence electrons. The molecule has 2 aromatic carbocycles. The monoisotopic (exact) mass is 540 g/mol. The Balaban J connectivity index is 1.27. The fraction of sp³-hybridized carbons (Fsp3) is 0.233. The number of thioether (sulfide) groups is 1. The zero-order valence-electron chi connectivity index (χ0n) is 21.6. The lowest BCUT2D eigenvalue weighted by atomic mass is 9.99. The number of nitrogens with zero attached hydrogens (tertiary/aromatic N) is 3. The lowest BCUT2D eigenvalue weighted by molar-refractivity contribution is -0.133. The third-order valence-electron chi connectivity index (χ3n) is 6.82. The lowest BCUT2D eigenvalue weighted by Gasteiger charge is -2.36. The second kappa shape index (κ2) is 11.7. The highest BCUT2D eigenvalue weighted by molar-refractivity contribution is 8.18. The summed E-state index contributed by atoms with van der Waals surface area (Å²) in [4.78, 5) is 56.6. The first-order chi connectivity index (χ1) is 18.9. The van der Waals surface area contributed by atoms with Crippen LogP contribution in [-0.4, -0.2) is 58.9 Å². The van der Waals surface area contributed by atoms with Gasteiger partial charge in [0.15, 0.2) is 5.78 Å². The van der Waals surface area contributed by atoms with Gasteiger partial charge in [-0.15, -0.1) is 0 Å².